The van der Waals surface area contributed by atoms with E-state index in [-0.39, 0.29) is 17.3 Å². The Labute approximate surface area is 151 Å². The highest BCUT2D eigenvalue weighted by molar-refractivity contribution is 7.89. The van der Waals surface area contributed by atoms with Crippen LogP contribution in [0.4, 0.5) is 10.8 Å². The van der Waals surface area contributed by atoms with Crippen molar-refractivity contribution >= 4 is 38.1 Å². The van der Waals surface area contributed by atoms with Crippen molar-refractivity contribution in [2.75, 3.05) is 30.4 Å². The maximum atomic E-state index is 12.5. The second kappa shape index (κ2) is 7.11. The summed E-state index contributed by atoms with van der Waals surface area (Å²) in [6.45, 7) is 2.39. The van der Waals surface area contributed by atoms with Gasteiger partial charge in [-0.2, -0.15) is 0 Å². The normalized spacial score (nSPS) is 13.8. The van der Waals surface area contributed by atoms with Crippen LogP contribution in [0.15, 0.2) is 28.5 Å². The summed E-state index contributed by atoms with van der Waals surface area (Å²) in [4.78, 5) is 17.8. The van der Waals surface area contributed by atoms with Crippen molar-refractivity contribution in [3.8, 4) is 0 Å². The number of anilines is 2. The fourth-order valence-electron chi connectivity index (χ4n) is 2.81. The second-order valence-corrected chi connectivity index (χ2v) is 8.38. The van der Waals surface area contributed by atoms with E-state index in [1.165, 1.54) is 18.3 Å². The lowest BCUT2D eigenvalue weighted by atomic mass is 10.2. The molecule has 9 heteroatoms. The summed E-state index contributed by atoms with van der Waals surface area (Å²) in [7, 11) is -1.78. The predicted molar refractivity (Wildman–Crippen MR) is 98.7 cm³/mol. The molecule has 0 saturated carbocycles. The number of carbonyl (C=O) groups is 1. The smallest absolute Gasteiger partial charge is 0.240 e. The number of rotatable bonds is 6. The van der Waals surface area contributed by atoms with Crippen LogP contribution in [0, 0.1) is 0 Å². The van der Waals surface area contributed by atoms with Crippen LogP contribution in [0.5, 0.6) is 0 Å². The number of nitrogens with zero attached hydrogens (tertiary/aromatic N) is 2. The van der Waals surface area contributed by atoms with E-state index in [0.29, 0.717) is 19.4 Å². The van der Waals surface area contributed by atoms with E-state index in [9.17, 15) is 13.2 Å². The Kier molecular flexibility index (Phi) is 5.07. The Morgan fingerprint density at radius 1 is 1.40 bits per heavy atom. The molecule has 0 spiro atoms. The number of carbonyl (C=O) groups excluding carboxylic acids is 1. The van der Waals surface area contributed by atoms with Gasteiger partial charge in [0.15, 0.2) is 5.13 Å². The highest BCUT2D eigenvalue weighted by atomic mass is 32.2. The maximum absolute atomic E-state index is 12.5. The average molecular weight is 380 g/mol. The van der Waals surface area contributed by atoms with Crippen molar-refractivity contribution in [2.24, 2.45) is 0 Å². The van der Waals surface area contributed by atoms with Crippen molar-refractivity contribution in [3.05, 3.63) is 34.8 Å². The van der Waals surface area contributed by atoms with Crippen LogP contribution in [0.3, 0.4) is 0 Å². The van der Waals surface area contributed by atoms with Gasteiger partial charge in [-0.1, -0.05) is 0 Å². The Balaban J connectivity index is 1.67. The highest BCUT2D eigenvalue weighted by Gasteiger charge is 2.24. The molecule has 2 heterocycles. The summed E-state index contributed by atoms with van der Waals surface area (Å²) in [6.07, 6.45) is 1.20. The summed E-state index contributed by atoms with van der Waals surface area (Å²) < 4.78 is 27.6. The third kappa shape index (κ3) is 3.83. The first-order valence-corrected chi connectivity index (χ1v) is 10.3. The molecule has 0 radical (unpaired) electrons. The molecule has 0 aliphatic carbocycles. The number of aromatic nitrogens is 1. The first-order chi connectivity index (χ1) is 11.9. The fourth-order valence-corrected chi connectivity index (χ4v) is 4.59. The lowest BCUT2D eigenvalue weighted by Gasteiger charge is -2.15. The van der Waals surface area contributed by atoms with Gasteiger partial charge in [0.25, 0.3) is 0 Å². The number of amides is 1. The largest absolute Gasteiger partial charge is 0.365 e. The second-order valence-electron chi connectivity index (χ2n) is 5.75. The summed E-state index contributed by atoms with van der Waals surface area (Å²) >= 11 is 1.49. The van der Waals surface area contributed by atoms with Crippen LogP contribution in [-0.4, -0.2) is 39.4 Å². The zero-order valence-electron chi connectivity index (χ0n) is 14.1. The van der Waals surface area contributed by atoms with E-state index in [4.69, 9.17) is 0 Å². The van der Waals surface area contributed by atoms with Crippen molar-refractivity contribution < 1.29 is 13.2 Å². The molecule has 25 heavy (non-hydrogen) atoms. The van der Waals surface area contributed by atoms with Gasteiger partial charge in [0.05, 0.1) is 10.6 Å². The molecule has 7 nitrogen and oxygen atoms in total. The van der Waals surface area contributed by atoms with Gasteiger partial charge in [0, 0.05) is 44.5 Å². The minimum Gasteiger partial charge on any atom is -0.365 e. The number of sulfonamides is 1. The molecule has 1 aliphatic rings. The van der Waals surface area contributed by atoms with Crippen LogP contribution in [0.25, 0.3) is 0 Å². The van der Waals surface area contributed by atoms with Crippen LogP contribution in [-0.2, 0) is 27.7 Å². The average Bonchev–Trinajstić information content (AvgIpc) is 3.20. The van der Waals surface area contributed by atoms with Crippen LogP contribution >= 0.6 is 11.3 Å². The Hall–Kier alpha value is -1.97. The highest BCUT2D eigenvalue weighted by Crippen LogP contribution is 2.30. The number of fused-ring (bicyclic) bond motifs is 1. The SMILES string of the molecule is CNc1nc(CCNS(=O)(=O)c2ccc3c(c2)CCN3C(C)=O)cs1. The number of nitrogens with one attached hydrogen (secondary N) is 2. The molecule has 0 fully saturated rings. The van der Waals surface area contributed by atoms with Gasteiger partial charge in [-0.3, -0.25) is 4.79 Å². The van der Waals surface area contributed by atoms with Gasteiger partial charge < -0.3 is 10.2 Å². The molecular weight excluding hydrogens is 360 g/mol. The molecule has 0 atom stereocenters. The van der Waals surface area contributed by atoms with Gasteiger partial charge >= 0.3 is 0 Å². The third-order valence-electron chi connectivity index (χ3n) is 4.08. The van der Waals surface area contributed by atoms with Crippen molar-refractivity contribution in [3.63, 3.8) is 0 Å². The summed E-state index contributed by atoms with van der Waals surface area (Å²) in [6, 6.07) is 4.91. The van der Waals surface area contributed by atoms with Crippen molar-refractivity contribution in [2.45, 2.75) is 24.7 Å². The molecule has 2 N–H and O–H groups in total. The van der Waals surface area contributed by atoms with E-state index in [1.54, 1.807) is 30.1 Å². The number of hydrogen-bond acceptors (Lipinski definition) is 6. The van der Waals surface area contributed by atoms with Gasteiger partial charge in [0.1, 0.15) is 0 Å². The summed E-state index contributed by atoms with van der Waals surface area (Å²) in [5.41, 5.74) is 2.54. The first kappa shape index (κ1) is 17.8. The minimum absolute atomic E-state index is 0.0308. The number of benzene rings is 1. The van der Waals surface area contributed by atoms with Gasteiger partial charge in [-0.15, -0.1) is 11.3 Å². The van der Waals surface area contributed by atoms with Gasteiger partial charge in [-0.25, -0.2) is 18.1 Å². The topological polar surface area (TPSA) is 91.4 Å². The molecular formula is C16H20N4O3S2. The van der Waals surface area contributed by atoms with E-state index in [0.717, 1.165) is 22.1 Å². The molecule has 134 valence electrons. The lowest BCUT2D eigenvalue weighted by Crippen LogP contribution is -2.26. The van der Waals surface area contributed by atoms with Crippen molar-refractivity contribution in [1.29, 1.82) is 0 Å². The molecule has 3 rings (SSSR count). The predicted octanol–water partition coefficient (Wildman–Crippen LogP) is 1.61. The number of thiazole rings is 1. The Morgan fingerprint density at radius 3 is 2.88 bits per heavy atom. The van der Waals surface area contributed by atoms with E-state index in [1.807, 2.05) is 5.38 Å². The van der Waals surface area contributed by atoms with Gasteiger partial charge in [-0.05, 0) is 30.2 Å². The fraction of sp³-hybridized carbons (Fsp3) is 0.375. The molecule has 2 aromatic rings. The third-order valence-corrected chi connectivity index (χ3v) is 6.44. The monoisotopic (exact) mass is 380 g/mol. The molecule has 0 saturated heterocycles. The maximum Gasteiger partial charge on any atom is 0.240 e. The van der Waals surface area contributed by atoms with E-state index < -0.39 is 10.0 Å². The van der Waals surface area contributed by atoms with Crippen LogP contribution in [0.1, 0.15) is 18.2 Å². The molecule has 1 amide bonds. The quantitative estimate of drug-likeness (QED) is 0.795. The Morgan fingerprint density at radius 2 is 2.20 bits per heavy atom. The minimum atomic E-state index is -3.58. The lowest BCUT2D eigenvalue weighted by molar-refractivity contribution is -0.116. The molecule has 0 unspecified atom stereocenters. The van der Waals surface area contributed by atoms with Gasteiger partial charge in [0.2, 0.25) is 15.9 Å². The summed E-state index contributed by atoms with van der Waals surface area (Å²) in [5, 5.41) is 5.68. The zero-order chi connectivity index (χ0) is 18.0. The van der Waals surface area contributed by atoms with Crippen LogP contribution in [0.2, 0.25) is 0 Å². The van der Waals surface area contributed by atoms with Crippen LogP contribution < -0.4 is 14.9 Å². The van der Waals surface area contributed by atoms with E-state index >= 15 is 0 Å². The molecule has 1 aromatic heterocycles. The van der Waals surface area contributed by atoms with Crippen molar-refractivity contribution in [1.82, 2.24) is 9.71 Å². The first-order valence-electron chi connectivity index (χ1n) is 7.93. The summed E-state index contributed by atoms with van der Waals surface area (Å²) in [5.74, 6) is -0.0308. The Bertz CT molecular complexity index is 893. The van der Waals surface area contributed by atoms with E-state index in [2.05, 4.69) is 15.0 Å². The zero-order valence-corrected chi connectivity index (χ0v) is 15.7. The standard InChI is InChI=1S/C16H20N4O3S2/c1-11(21)20-8-6-12-9-14(3-4-15(12)20)25(22,23)18-7-5-13-10-24-16(17-2)19-13/h3-4,9-10,18H,5-8H2,1-2H3,(H,17,19). The molecule has 1 aromatic carbocycles. The molecule has 1 aliphatic heterocycles. The molecule has 0 bridgehead atoms. The number of hydrogen-bond donors (Lipinski definition) is 2.